The second-order valence-corrected chi connectivity index (χ2v) is 32.4. The average Bonchev–Trinajstić information content (AvgIpc) is 3.78. The maximum atomic E-state index is 4.45. The maximum Gasteiger partial charge on any atom is 0.0685 e. The van der Waals surface area contributed by atoms with Crippen molar-refractivity contribution in [1.82, 2.24) is 63.0 Å². The van der Waals surface area contributed by atoms with Crippen LogP contribution in [0.5, 0.6) is 0 Å². The first-order valence-corrected chi connectivity index (χ1v) is 36.0. The zero-order valence-electron chi connectivity index (χ0n) is 51.6. The molecule has 5 saturated heterocycles. The van der Waals surface area contributed by atoms with Crippen molar-refractivity contribution < 1.29 is 0 Å². The van der Waals surface area contributed by atoms with Crippen molar-refractivity contribution in [2.75, 3.05) is 105 Å². The van der Waals surface area contributed by atoms with Gasteiger partial charge in [-0.25, -0.2) is 0 Å². The Bertz CT molecular complexity index is 1770. The average molecular weight is 1110 g/mol. The Labute approximate surface area is 489 Å². The van der Waals surface area contributed by atoms with Gasteiger partial charge in [0.2, 0.25) is 0 Å². The monoisotopic (exact) mass is 1110 g/mol. The zero-order valence-corrected chi connectivity index (χ0v) is 51.6. The largest absolute Gasteiger partial charge is 0.316 e. The van der Waals surface area contributed by atoms with Crippen LogP contribution in [0.3, 0.4) is 0 Å². The molecule has 456 valence electrons. The number of nitrogens with one attached hydrogen (secondary N) is 10. The van der Waals surface area contributed by atoms with Gasteiger partial charge < -0.3 is 53.2 Å². The smallest absolute Gasteiger partial charge is 0.0685 e. The second-order valence-electron chi connectivity index (χ2n) is 32.4. The lowest BCUT2D eigenvalue weighted by atomic mass is 9.74. The quantitative estimate of drug-likeness (QED) is 0.117. The summed E-state index contributed by atoms with van der Waals surface area (Å²) in [4.78, 5) is 6.34. The zero-order chi connectivity index (χ0) is 53.9. The van der Waals surface area contributed by atoms with Crippen LogP contribution in [0.25, 0.3) is 0 Å². The molecular weight excluding hydrogens is 985 g/mol. The van der Waals surface area contributed by atoms with E-state index in [1.165, 1.54) is 258 Å². The summed E-state index contributed by atoms with van der Waals surface area (Å²) in [5.41, 5.74) is 0.199. The van der Waals surface area contributed by atoms with E-state index in [0.717, 1.165) is 109 Å². The fourth-order valence-corrected chi connectivity index (χ4v) is 22.2. The maximum absolute atomic E-state index is 4.45. The lowest BCUT2D eigenvalue weighted by Crippen LogP contribution is -2.56. The van der Waals surface area contributed by atoms with Gasteiger partial charge in [-0.05, 0) is 279 Å². The van der Waals surface area contributed by atoms with Gasteiger partial charge in [0.25, 0.3) is 0 Å². The normalized spacial score (nSPS) is 49.6. The molecular formula is C68H124N12. The Morgan fingerprint density at radius 1 is 0.263 bits per heavy atom. The van der Waals surface area contributed by atoms with Gasteiger partial charge in [0.1, 0.15) is 0 Å². The highest BCUT2D eigenvalue weighted by atomic mass is 15.5. The Morgan fingerprint density at radius 2 is 0.475 bits per heavy atom. The van der Waals surface area contributed by atoms with Gasteiger partial charge in [-0.1, -0.05) is 51.4 Å². The number of hydrogen-bond acceptors (Lipinski definition) is 12. The molecule has 13 fully saturated rings. The minimum atomic E-state index is 0.0920. The van der Waals surface area contributed by atoms with Crippen LogP contribution in [0.2, 0.25) is 0 Å². The van der Waals surface area contributed by atoms with Gasteiger partial charge in [0.05, 0.1) is 5.66 Å². The molecule has 0 radical (unpaired) electrons. The van der Waals surface area contributed by atoms with E-state index in [9.17, 15) is 0 Å². The van der Waals surface area contributed by atoms with E-state index in [4.69, 9.17) is 0 Å². The molecule has 1 spiro atoms. The predicted molar refractivity (Wildman–Crippen MR) is 331 cm³/mol. The first-order chi connectivity index (χ1) is 39.2. The van der Waals surface area contributed by atoms with Crippen LogP contribution in [0, 0.1) is 76.4 Å². The molecule has 0 amide bonds. The molecule has 22 unspecified atom stereocenters. The Hall–Kier alpha value is -0.480. The molecule has 0 aromatic heterocycles. The van der Waals surface area contributed by atoms with Crippen molar-refractivity contribution in [3.63, 3.8) is 0 Å². The van der Waals surface area contributed by atoms with Gasteiger partial charge >= 0.3 is 0 Å². The van der Waals surface area contributed by atoms with E-state index in [0.29, 0.717) is 36.3 Å². The summed E-state index contributed by atoms with van der Waals surface area (Å²) < 4.78 is 0. The van der Waals surface area contributed by atoms with Crippen molar-refractivity contribution in [3.05, 3.63) is 0 Å². The molecule has 8 aliphatic carbocycles. The summed E-state index contributed by atoms with van der Waals surface area (Å²) in [7, 11) is 0. The highest BCUT2D eigenvalue weighted by molar-refractivity contribution is 5.07. The Morgan fingerprint density at radius 3 is 0.725 bits per heavy atom. The molecule has 13 aliphatic rings. The molecule has 15 bridgehead atoms. The Kier molecular flexibility index (Phi) is 20.0. The summed E-state index contributed by atoms with van der Waals surface area (Å²) >= 11 is 0. The summed E-state index contributed by atoms with van der Waals surface area (Å²) in [5.74, 6) is 9.07. The number of nitrogens with zero attached hydrogens (tertiary/aromatic N) is 2. The fourth-order valence-electron chi connectivity index (χ4n) is 22.2. The molecule has 80 heavy (non-hydrogen) atoms. The van der Waals surface area contributed by atoms with Crippen molar-refractivity contribution in [2.24, 2.45) is 76.4 Å². The van der Waals surface area contributed by atoms with Gasteiger partial charge in [-0.2, -0.15) is 0 Å². The van der Waals surface area contributed by atoms with Crippen molar-refractivity contribution in [2.45, 2.75) is 248 Å². The standard InChI is InChI=1S/C68H124N12/c1-67(2)79-41-57-27-49-23-55(29-57)39-77-63-15-7-5-13-61(63)75-37-53-21-47-19-51(25-53)35-73-59-11-3-4-12-60(59)74-36-52-20-48-22-54(26-52)38-76-62-14-6-8-16-64(62)78-40-56-24-50(28-58(30-56)42-80(67)66-18-10-9-17-65(66)79)34-72-46-68(43-69-31-47,44-70-32-48)45-71-33-49/h47-66,69-78H,3-46H2,1-2H3. The third-order valence-corrected chi connectivity index (χ3v) is 25.9. The van der Waals surface area contributed by atoms with Crippen molar-refractivity contribution in [3.8, 4) is 0 Å². The van der Waals surface area contributed by atoms with Crippen molar-refractivity contribution >= 4 is 0 Å². The summed E-state index contributed by atoms with van der Waals surface area (Å²) in [5, 5.41) is 44.1. The topological polar surface area (TPSA) is 127 Å². The van der Waals surface area contributed by atoms with Crippen LogP contribution in [-0.2, 0) is 0 Å². The predicted octanol–water partition coefficient (Wildman–Crippen LogP) is 7.65. The molecule has 12 nitrogen and oxygen atoms in total. The van der Waals surface area contributed by atoms with Gasteiger partial charge in [0.15, 0.2) is 0 Å². The minimum absolute atomic E-state index is 0.0920. The van der Waals surface area contributed by atoms with Crippen LogP contribution in [0.1, 0.15) is 194 Å². The molecule has 5 aliphatic heterocycles. The number of rotatable bonds is 0. The number of fused-ring (bicyclic) bond motifs is 24. The van der Waals surface area contributed by atoms with Crippen LogP contribution >= 0.6 is 0 Å². The molecule has 12 heteroatoms. The molecule has 0 aromatic rings. The lowest BCUT2D eigenvalue weighted by molar-refractivity contribution is -0.00640. The van der Waals surface area contributed by atoms with Crippen LogP contribution in [-0.4, -0.2) is 169 Å². The fraction of sp³-hybridized carbons (Fsp3) is 1.00. The van der Waals surface area contributed by atoms with Gasteiger partial charge in [-0.15, -0.1) is 0 Å². The van der Waals surface area contributed by atoms with E-state index in [1.807, 2.05) is 0 Å². The Balaban J connectivity index is 0.859. The van der Waals surface area contributed by atoms with Crippen LogP contribution in [0.4, 0.5) is 0 Å². The van der Waals surface area contributed by atoms with Gasteiger partial charge in [-0.3, -0.25) is 9.80 Å². The molecule has 10 N–H and O–H groups in total. The molecule has 22 atom stereocenters. The summed E-state index contributed by atoms with van der Waals surface area (Å²) in [6.07, 6.45) is 38.9. The highest BCUT2D eigenvalue weighted by Gasteiger charge is 2.54. The molecule has 8 saturated carbocycles. The van der Waals surface area contributed by atoms with E-state index in [1.54, 1.807) is 0 Å². The third-order valence-electron chi connectivity index (χ3n) is 25.9. The van der Waals surface area contributed by atoms with E-state index >= 15 is 0 Å². The van der Waals surface area contributed by atoms with Crippen LogP contribution < -0.4 is 53.2 Å². The molecule has 5 heterocycles. The van der Waals surface area contributed by atoms with E-state index in [2.05, 4.69) is 76.8 Å². The minimum Gasteiger partial charge on any atom is -0.316 e. The van der Waals surface area contributed by atoms with Crippen molar-refractivity contribution in [1.29, 1.82) is 0 Å². The highest BCUT2D eigenvalue weighted by Crippen LogP contribution is 2.47. The van der Waals surface area contributed by atoms with E-state index in [-0.39, 0.29) is 11.1 Å². The van der Waals surface area contributed by atoms with E-state index < -0.39 is 0 Å². The lowest BCUT2D eigenvalue weighted by Gasteiger charge is -2.46. The second kappa shape index (κ2) is 27.3. The first kappa shape index (κ1) is 58.5. The molecule has 0 aromatic carbocycles. The summed E-state index contributed by atoms with van der Waals surface area (Å²) in [6, 6.07) is 5.15. The van der Waals surface area contributed by atoms with Crippen LogP contribution in [0.15, 0.2) is 0 Å². The number of hydrogen-bond donors (Lipinski definition) is 10. The third kappa shape index (κ3) is 14.4. The first-order valence-electron chi connectivity index (χ1n) is 36.0. The SMILES string of the molecule is CC1(C)N2CC3CC4CNCC56CNCC7CC(CNC8CCCCC8NCC8CC(CNC5)CC(CNC5CCCCC5NCC5CC(CNC6)CC(C5)CN1C1CCCCC12)C8)CC(CNC1CCCCC1NCC(C4)C3)C7. The molecule has 13 rings (SSSR count). The summed E-state index contributed by atoms with van der Waals surface area (Å²) in [6.45, 7) is 24.4. The van der Waals surface area contributed by atoms with Gasteiger partial charge in [0, 0.05) is 93.0 Å².